The Labute approximate surface area is 171 Å². The zero-order valence-corrected chi connectivity index (χ0v) is 17.3. The van der Waals surface area contributed by atoms with Crippen LogP contribution in [0, 0.1) is 5.82 Å². The number of hydrogen-bond acceptors (Lipinski definition) is 2. The summed E-state index contributed by atoms with van der Waals surface area (Å²) in [4.78, 5) is 7.40. The summed E-state index contributed by atoms with van der Waals surface area (Å²) in [5.41, 5.74) is 4.33. The third-order valence-electron chi connectivity index (χ3n) is 4.71. The van der Waals surface area contributed by atoms with Gasteiger partial charge in [0.25, 0.3) is 0 Å². The quantitative estimate of drug-likeness (QED) is 0.396. The summed E-state index contributed by atoms with van der Waals surface area (Å²) in [6.07, 6.45) is 2.99. The smallest absolute Gasteiger partial charge is 0.191 e. The molecule has 0 saturated heterocycles. The Morgan fingerprint density at radius 3 is 2.59 bits per heavy atom. The van der Waals surface area contributed by atoms with E-state index in [1.165, 1.54) is 23.3 Å². The molecule has 154 valence electrons. The average Bonchev–Trinajstić information content (AvgIpc) is 3.11. The van der Waals surface area contributed by atoms with Gasteiger partial charge in [0.05, 0.1) is 12.7 Å². The third-order valence-corrected chi connectivity index (χ3v) is 4.71. The molecule has 0 unspecified atom stereocenters. The summed E-state index contributed by atoms with van der Waals surface area (Å²) in [5, 5.41) is 7.71. The molecule has 0 saturated carbocycles. The van der Waals surface area contributed by atoms with E-state index in [2.05, 4.69) is 44.9 Å². The largest absolute Gasteiger partial charge is 0.374 e. The average molecular weight is 397 g/mol. The molecule has 2 aromatic carbocycles. The number of ether oxygens (including phenoxy) is 1. The standard InChI is InChI=1S/C23H29FN4O/c1-16(2)29-15-18-6-4-17(5-7-18)13-28-23(25-3)26-11-10-19-14-27-22-12-20(24)8-9-21(19)22/h4-9,12,14,16,27H,10-11,13,15H2,1-3H3,(H2,25,26,28). The van der Waals surface area contributed by atoms with Gasteiger partial charge in [-0.25, -0.2) is 4.39 Å². The van der Waals surface area contributed by atoms with Crippen LogP contribution in [0.4, 0.5) is 4.39 Å². The molecular weight excluding hydrogens is 367 g/mol. The van der Waals surface area contributed by atoms with Gasteiger partial charge in [0.15, 0.2) is 5.96 Å². The second kappa shape index (κ2) is 10.1. The number of aromatic amines is 1. The predicted octanol–water partition coefficient (Wildman–Crippen LogP) is 4.14. The van der Waals surface area contributed by atoms with Crippen molar-refractivity contribution in [2.45, 2.75) is 39.5 Å². The van der Waals surface area contributed by atoms with Crippen molar-refractivity contribution in [2.24, 2.45) is 4.99 Å². The van der Waals surface area contributed by atoms with E-state index in [1.807, 2.05) is 26.1 Å². The number of nitrogens with one attached hydrogen (secondary N) is 3. The summed E-state index contributed by atoms with van der Waals surface area (Å²) < 4.78 is 18.9. The Kier molecular flexibility index (Phi) is 7.25. The molecule has 3 aromatic rings. The van der Waals surface area contributed by atoms with Crippen molar-refractivity contribution in [3.8, 4) is 0 Å². The number of halogens is 1. The van der Waals surface area contributed by atoms with Crippen molar-refractivity contribution in [3.63, 3.8) is 0 Å². The highest BCUT2D eigenvalue weighted by molar-refractivity contribution is 5.83. The summed E-state index contributed by atoms with van der Waals surface area (Å²) >= 11 is 0. The van der Waals surface area contributed by atoms with Crippen LogP contribution in [0.5, 0.6) is 0 Å². The Morgan fingerprint density at radius 2 is 1.86 bits per heavy atom. The van der Waals surface area contributed by atoms with Crippen LogP contribution in [-0.4, -0.2) is 30.6 Å². The van der Waals surface area contributed by atoms with Crippen LogP contribution >= 0.6 is 0 Å². The molecule has 1 aromatic heterocycles. The molecule has 3 N–H and O–H groups in total. The molecular formula is C23H29FN4O. The van der Waals surface area contributed by atoms with Crippen LogP contribution in [0.15, 0.2) is 53.7 Å². The Hall–Kier alpha value is -2.86. The van der Waals surface area contributed by atoms with Crippen molar-refractivity contribution in [2.75, 3.05) is 13.6 Å². The van der Waals surface area contributed by atoms with Gasteiger partial charge in [0.2, 0.25) is 0 Å². The monoisotopic (exact) mass is 396 g/mol. The SMILES string of the molecule is CN=C(NCCc1c[nH]c2cc(F)ccc12)NCc1ccc(COC(C)C)cc1. The number of aromatic nitrogens is 1. The summed E-state index contributed by atoms with van der Waals surface area (Å²) in [7, 11) is 1.76. The van der Waals surface area contributed by atoms with Crippen molar-refractivity contribution < 1.29 is 9.13 Å². The van der Waals surface area contributed by atoms with E-state index < -0.39 is 0 Å². The zero-order chi connectivity index (χ0) is 20.6. The fourth-order valence-corrected chi connectivity index (χ4v) is 3.10. The Balaban J connectivity index is 1.45. The number of aliphatic imine (C=N–C) groups is 1. The lowest BCUT2D eigenvalue weighted by Gasteiger charge is -2.12. The molecule has 29 heavy (non-hydrogen) atoms. The molecule has 0 bridgehead atoms. The first-order chi connectivity index (χ1) is 14.0. The second-order valence-electron chi connectivity index (χ2n) is 7.28. The molecule has 0 aliphatic rings. The minimum atomic E-state index is -0.228. The maximum atomic E-state index is 13.3. The summed E-state index contributed by atoms with van der Waals surface area (Å²) in [6.45, 7) is 6.13. The Bertz CT molecular complexity index is 947. The van der Waals surface area contributed by atoms with E-state index in [0.29, 0.717) is 13.2 Å². The van der Waals surface area contributed by atoms with E-state index in [9.17, 15) is 4.39 Å². The van der Waals surface area contributed by atoms with Crippen LogP contribution < -0.4 is 10.6 Å². The number of nitrogens with zero attached hydrogens (tertiary/aromatic N) is 1. The summed E-state index contributed by atoms with van der Waals surface area (Å²) in [6, 6.07) is 13.2. The maximum absolute atomic E-state index is 13.3. The maximum Gasteiger partial charge on any atom is 0.191 e. The lowest BCUT2D eigenvalue weighted by Crippen LogP contribution is -2.37. The highest BCUT2D eigenvalue weighted by atomic mass is 19.1. The van der Waals surface area contributed by atoms with Crippen LogP contribution in [0.25, 0.3) is 10.9 Å². The summed E-state index contributed by atoms with van der Waals surface area (Å²) in [5.74, 6) is 0.525. The topological polar surface area (TPSA) is 61.4 Å². The molecule has 5 nitrogen and oxygen atoms in total. The molecule has 1 heterocycles. The number of H-pyrrole nitrogens is 1. The van der Waals surface area contributed by atoms with Gasteiger partial charge in [-0.2, -0.15) is 0 Å². The minimum Gasteiger partial charge on any atom is -0.374 e. The minimum absolute atomic E-state index is 0.228. The van der Waals surface area contributed by atoms with E-state index in [0.717, 1.165) is 35.4 Å². The molecule has 6 heteroatoms. The van der Waals surface area contributed by atoms with Crippen molar-refractivity contribution in [1.82, 2.24) is 15.6 Å². The van der Waals surface area contributed by atoms with Crippen molar-refractivity contribution >= 4 is 16.9 Å². The lowest BCUT2D eigenvalue weighted by atomic mass is 10.1. The van der Waals surface area contributed by atoms with Gasteiger partial charge >= 0.3 is 0 Å². The Morgan fingerprint density at radius 1 is 1.10 bits per heavy atom. The van der Waals surface area contributed by atoms with Gasteiger partial charge < -0.3 is 20.4 Å². The number of guanidine groups is 1. The zero-order valence-electron chi connectivity index (χ0n) is 17.3. The highest BCUT2D eigenvalue weighted by Crippen LogP contribution is 2.19. The van der Waals surface area contributed by atoms with Gasteiger partial charge in [-0.3, -0.25) is 4.99 Å². The molecule has 0 atom stereocenters. The van der Waals surface area contributed by atoms with E-state index in [-0.39, 0.29) is 11.9 Å². The first-order valence-electron chi connectivity index (χ1n) is 9.94. The fourth-order valence-electron chi connectivity index (χ4n) is 3.10. The molecule has 0 aliphatic carbocycles. The van der Waals surface area contributed by atoms with Gasteiger partial charge in [0.1, 0.15) is 5.82 Å². The van der Waals surface area contributed by atoms with Crippen LogP contribution in [0.1, 0.15) is 30.5 Å². The molecule has 0 spiro atoms. The van der Waals surface area contributed by atoms with Crippen molar-refractivity contribution in [1.29, 1.82) is 0 Å². The highest BCUT2D eigenvalue weighted by Gasteiger charge is 2.05. The van der Waals surface area contributed by atoms with Gasteiger partial charge in [0, 0.05) is 37.2 Å². The molecule has 0 aliphatic heterocycles. The van der Waals surface area contributed by atoms with E-state index in [1.54, 1.807) is 7.05 Å². The third kappa shape index (κ3) is 6.06. The molecule has 0 fully saturated rings. The molecule has 3 rings (SSSR count). The molecule has 0 amide bonds. The fraction of sp³-hybridized carbons (Fsp3) is 0.348. The van der Waals surface area contributed by atoms with E-state index >= 15 is 0 Å². The predicted molar refractivity (Wildman–Crippen MR) is 117 cm³/mol. The molecule has 0 radical (unpaired) electrons. The van der Waals surface area contributed by atoms with Crippen LogP contribution in [-0.2, 0) is 24.3 Å². The van der Waals surface area contributed by atoms with Gasteiger partial charge in [-0.05, 0) is 55.2 Å². The second-order valence-corrected chi connectivity index (χ2v) is 7.28. The van der Waals surface area contributed by atoms with E-state index in [4.69, 9.17) is 4.74 Å². The van der Waals surface area contributed by atoms with Crippen LogP contribution in [0.2, 0.25) is 0 Å². The number of fused-ring (bicyclic) bond motifs is 1. The van der Waals surface area contributed by atoms with Crippen LogP contribution in [0.3, 0.4) is 0 Å². The van der Waals surface area contributed by atoms with Gasteiger partial charge in [-0.15, -0.1) is 0 Å². The lowest BCUT2D eigenvalue weighted by molar-refractivity contribution is 0.0657. The normalized spacial score (nSPS) is 12.0. The van der Waals surface area contributed by atoms with Crippen molar-refractivity contribution in [3.05, 3.63) is 71.2 Å². The number of rotatable bonds is 8. The first kappa shape index (κ1) is 20.9. The van der Waals surface area contributed by atoms with Gasteiger partial charge in [-0.1, -0.05) is 24.3 Å². The number of hydrogen-bond donors (Lipinski definition) is 3. The number of benzene rings is 2. The first-order valence-corrected chi connectivity index (χ1v) is 9.94.